The van der Waals surface area contributed by atoms with Crippen molar-refractivity contribution in [1.82, 2.24) is 25.8 Å². The van der Waals surface area contributed by atoms with E-state index in [2.05, 4.69) is 47.5 Å². The first kappa shape index (κ1) is 42.1. The van der Waals surface area contributed by atoms with Gasteiger partial charge in [-0.05, 0) is 32.3 Å². The summed E-state index contributed by atoms with van der Waals surface area (Å²) >= 11 is 1.26. The molecule has 0 aliphatic carbocycles. The van der Waals surface area contributed by atoms with Crippen molar-refractivity contribution in [1.29, 1.82) is 0 Å². The molecule has 16 heteroatoms. The van der Waals surface area contributed by atoms with Crippen molar-refractivity contribution in [2.75, 3.05) is 98.0 Å². The molecule has 1 aromatic rings. The van der Waals surface area contributed by atoms with E-state index in [4.69, 9.17) is 10.5 Å². The lowest BCUT2D eigenvalue weighted by Crippen LogP contribution is -2.38. The van der Waals surface area contributed by atoms with Gasteiger partial charge in [0, 0.05) is 99.0 Å². The molecule has 274 valence electrons. The fourth-order valence-electron chi connectivity index (χ4n) is 4.48. The van der Waals surface area contributed by atoms with Crippen molar-refractivity contribution in [2.24, 2.45) is 25.7 Å². The van der Waals surface area contributed by atoms with Gasteiger partial charge in [0.1, 0.15) is 12.1 Å². The summed E-state index contributed by atoms with van der Waals surface area (Å²) in [5.41, 5.74) is 7.38. The Hall–Kier alpha value is -4.09. The minimum Gasteiger partial charge on any atom is -0.380 e. The standard InChI is InChI=1S/C34H51FN10O4S/c1-27-29(25-46)4-5-31(33(27)35)50-19-11-43-34(48)30-23-40-8-12-44(13-9-41-26-42-24-30)16-18-49-17-6-32(47)45(14-7-37-2)15-10-39-22-28(20-36)21-38-3/h4-5,21-26,37H,3,6-20,36H2,1-2H3,(H,41,42)(H,43,48)/b28-21-,30-24+,39-22?,40-23?. The van der Waals surface area contributed by atoms with E-state index in [1.807, 2.05) is 7.05 Å². The normalized spacial score (nSPS) is 15.4. The Morgan fingerprint density at radius 1 is 1.22 bits per heavy atom. The number of aldehydes is 1. The van der Waals surface area contributed by atoms with Gasteiger partial charge in [0.15, 0.2) is 0 Å². The van der Waals surface area contributed by atoms with Crippen molar-refractivity contribution in [3.05, 3.63) is 52.6 Å². The summed E-state index contributed by atoms with van der Waals surface area (Å²) in [4.78, 5) is 58.0. The fraction of sp³-hybridized carbons (Fsp3) is 0.500. The number of hydrogen-bond acceptors (Lipinski definition) is 13. The van der Waals surface area contributed by atoms with Crippen LogP contribution in [0.4, 0.5) is 4.39 Å². The maximum atomic E-state index is 14.5. The predicted molar refractivity (Wildman–Crippen MR) is 201 cm³/mol. The van der Waals surface area contributed by atoms with Gasteiger partial charge in [-0.15, -0.1) is 11.8 Å². The topological polar surface area (TPSA) is 178 Å². The number of nitrogens with zero attached hydrogens (tertiary/aromatic N) is 6. The highest BCUT2D eigenvalue weighted by atomic mass is 32.2. The number of rotatable bonds is 21. The highest BCUT2D eigenvalue weighted by Crippen LogP contribution is 2.25. The molecule has 0 spiro atoms. The molecule has 0 fully saturated rings. The van der Waals surface area contributed by atoms with E-state index < -0.39 is 5.82 Å². The van der Waals surface area contributed by atoms with Crippen LogP contribution in [0.15, 0.2) is 60.5 Å². The molecule has 0 bridgehead atoms. The summed E-state index contributed by atoms with van der Waals surface area (Å²) in [7, 11) is 1.84. The number of aliphatic imine (C=N–C) groups is 4. The average molecular weight is 715 g/mol. The molecular formula is C34H51FN10O4S. The number of likely N-dealkylation sites (N-methyl/N-ethyl adjacent to an activating group) is 1. The molecule has 50 heavy (non-hydrogen) atoms. The van der Waals surface area contributed by atoms with Crippen LogP contribution in [0.5, 0.6) is 0 Å². The van der Waals surface area contributed by atoms with E-state index in [0.29, 0.717) is 119 Å². The Kier molecular flexibility index (Phi) is 21.7. The molecule has 0 saturated heterocycles. The summed E-state index contributed by atoms with van der Waals surface area (Å²) in [5.74, 6) is -0.300. The van der Waals surface area contributed by atoms with Crippen LogP contribution in [-0.4, -0.2) is 151 Å². The number of amides is 2. The Balaban J connectivity index is 1.76. The number of nitrogens with one attached hydrogen (secondary N) is 3. The molecule has 2 amide bonds. The zero-order valence-electron chi connectivity index (χ0n) is 29.1. The first-order valence-electron chi connectivity index (χ1n) is 16.5. The van der Waals surface area contributed by atoms with E-state index in [1.165, 1.54) is 30.5 Å². The van der Waals surface area contributed by atoms with Crippen molar-refractivity contribution in [2.45, 2.75) is 18.2 Å². The zero-order chi connectivity index (χ0) is 36.4. The zero-order valence-corrected chi connectivity index (χ0v) is 29.9. The quantitative estimate of drug-likeness (QED) is 0.0629. The van der Waals surface area contributed by atoms with Crippen molar-refractivity contribution >= 4 is 55.3 Å². The van der Waals surface area contributed by atoms with Crippen LogP contribution in [0.25, 0.3) is 0 Å². The van der Waals surface area contributed by atoms with Crippen molar-refractivity contribution in [3.8, 4) is 0 Å². The van der Waals surface area contributed by atoms with Crippen molar-refractivity contribution < 1.29 is 23.5 Å². The summed E-state index contributed by atoms with van der Waals surface area (Å²) < 4.78 is 20.3. The number of carbonyl (C=O) groups excluding carboxylic acids is 3. The van der Waals surface area contributed by atoms with Gasteiger partial charge >= 0.3 is 0 Å². The second-order valence-electron chi connectivity index (χ2n) is 11.0. The third-order valence-electron chi connectivity index (χ3n) is 7.40. The number of halogens is 1. The third-order valence-corrected chi connectivity index (χ3v) is 8.43. The number of benzene rings is 1. The number of hydrogen-bond donors (Lipinski definition) is 4. The van der Waals surface area contributed by atoms with E-state index in [0.717, 1.165) is 5.57 Å². The van der Waals surface area contributed by atoms with Crippen LogP contribution < -0.4 is 21.7 Å². The summed E-state index contributed by atoms with van der Waals surface area (Å²) in [5, 5.41) is 8.82. The SMILES string of the molecule is C=N/C=C(\C=NCCN(CCNC)C(=O)CCOCCN1CCN=CN/C=C(/C(=O)NCCSc2ccc(C=O)c(C)c2F)C=NCC1)CN. The molecule has 1 aliphatic heterocycles. The second-order valence-corrected chi connectivity index (χ2v) is 12.1. The molecule has 0 radical (unpaired) electrons. The van der Waals surface area contributed by atoms with Gasteiger partial charge < -0.3 is 31.3 Å². The van der Waals surface area contributed by atoms with E-state index >= 15 is 0 Å². The van der Waals surface area contributed by atoms with Crippen LogP contribution in [-0.2, 0) is 14.3 Å². The van der Waals surface area contributed by atoms with Crippen LogP contribution in [0.2, 0.25) is 0 Å². The Morgan fingerprint density at radius 3 is 2.76 bits per heavy atom. The van der Waals surface area contributed by atoms with Gasteiger partial charge in [0.2, 0.25) is 5.91 Å². The van der Waals surface area contributed by atoms with E-state index in [-0.39, 0.29) is 18.2 Å². The minimum absolute atomic E-state index is 0.00120. The number of thioether (sulfide) groups is 1. The molecule has 1 aromatic carbocycles. The Labute approximate surface area is 298 Å². The summed E-state index contributed by atoms with van der Waals surface area (Å²) in [6.07, 6.45) is 8.70. The molecule has 0 saturated carbocycles. The fourth-order valence-corrected chi connectivity index (χ4v) is 5.35. The molecule has 1 heterocycles. The molecule has 0 aromatic heterocycles. The lowest BCUT2D eigenvalue weighted by atomic mass is 10.1. The van der Waals surface area contributed by atoms with Gasteiger partial charge in [0.25, 0.3) is 5.91 Å². The second kappa shape index (κ2) is 25.8. The Morgan fingerprint density at radius 2 is 2.02 bits per heavy atom. The number of ether oxygens (including phenoxy) is 1. The predicted octanol–water partition coefficient (Wildman–Crippen LogP) is 1.11. The highest BCUT2D eigenvalue weighted by Gasteiger charge is 2.14. The first-order valence-corrected chi connectivity index (χ1v) is 17.5. The van der Waals surface area contributed by atoms with Crippen molar-refractivity contribution in [3.63, 3.8) is 0 Å². The smallest absolute Gasteiger partial charge is 0.254 e. The first-order chi connectivity index (χ1) is 24.3. The number of nitrogens with two attached hydrogens (primary N) is 1. The van der Waals surface area contributed by atoms with Gasteiger partial charge in [-0.1, -0.05) is 6.07 Å². The van der Waals surface area contributed by atoms with Crippen LogP contribution in [0.1, 0.15) is 22.3 Å². The van der Waals surface area contributed by atoms with Crippen LogP contribution in [0.3, 0.4) is 0 Å². The maximum Gasteiger partial charge on any atom is 0.254 e. The lowest BCUT2D eigenvalue weighted by Gasteiger charge is -2.22. The van der Waals surface area contributed by atoms with Gasteiger partial charge in [-0.3, -0.25) is 39.3 Å². The molecule has 5 N–H and O–H groups in total. The average Bonchev–Trinajstić information content (AvgIpc) is 3.11. The molecule has 0 unspecified atom stereocenters. The van der Waals surface area contributed by atoms with Gasteiger partial charge in [-0.2, -0.15) is 0 Å². The van der Waals surface area contributed by atoms with E-state index in [1.54, 1.807) is 36.4 Å². The van der Waals surface area contributed by atoms with Gasteiger partial charge in [-0.25, -0.2) is 4.39 Å². The molecule has 2 rings (SSSR count). The Bertz CT molecular complexity index is 1390. The molecular weight excluding hydrogens is 664 g/mol. The summed E-state index contributed by atoms with van der Waals surface area (Å²) in [6.45, 7) is 11.5. The number of carbonyl (C=O) groups is 3. The third kappa shape index (κ3) is 16.5. The molecule has 14 nitrogen and oxygen atoms in total. The van der Waals surface area contributed by atoms with Gasteiger partial charge in [0.05, 0.1) is 51.2 Å². The minimum atomic E-state index is -0.423. The van der Waals surface area contributed by atoms with E-state index in [9.17, 15) is 18.8 Å². The lowest BCUT2D eigenvalue weighted by molar-refractivity contribution is -0.132. The molecule has 1 aliphatic rings. The monoisotopic (exact) mass is 714 g/mol. The summed E-state index contributed by atoms with van der Waals surface area (Å²) in [6, 6.07) is 3.16. The van der Waals surface area contributed by atoms with Crippen LogP contribution in [0, 0.1) is 12.7 Å². The highest BCUT2D eigenvalue weighted by molar-refractivity contribution is 7.99. The largest absolute Gasteiger partial charge is 0.380 e. The van der Waals surface area contributed by atoms with Crippen LogP contribution >= 0.6 is 11.8 Å². The molecule has 0 atom stereocenters. The maximum absolute atomic E-state index is 14.5.